The number of hydrogen-bond donors (Lipinski definition) is 0. The van der Waals surface area contributed by atoms with Gasteiger partial charge in [-0.2, -0.15) is 0 Å². The SMILES string of the molecule is CCCCCCCCCc1ccc(O[PH](=O)OCC(CC)CCCC)cc1.CCCCCCCCCc1ccc(O[PH](=O)OCC(CC)CCCC)cc1.[Co]. The Morgan fingerprint density at radius 1 is 0.436 bits per heavy atom. The molecule has 0 amide bonds. The predicted molar refractivity (Wildman–Crippen MR) is 234 cm³/mol. The summed E-state index contributed by atoms with van der Waals surface area (Å²) in [6.45, 7) is 14.3. The van der Waals surface area contributed by atoms with Crippen LogP contribution in [0.1, 0.15) is 194 Å². The van der Waals surface area contributed by atoms with E-state index >= 15 is 0 Å². The third-order valence-electron chi connectivity index (χ3n) is 10.3. The molecule has 0 aliphatic heterocycles. The summed E-state index contributed by atoms with van der Waals surface area (Å²) in [4.78, 5) is 0. The molecular formula is C46H82CoO6P2. The molecule has 321 valence electrons. The molecule has 0 saturated heterocycles. The van der Waals surface area contributed by atoms with Gasteiger partial charge in [0.15, 0.2) is 0 Å². The van der Waals surface area contributed by atoms with Crippen molar-refractivity contribution in [2.24, 2.45) is 11.8 Å². The van der Waals surface area contributed by atoms with Crippen molar-refractivity contribution >= 4 is 16.5 Å². The van der Waals surface area contributed by atoms with Gasteiger partial charge < -0.3 is 18.1 Å². The summed E-state index contributed by atoms with van der Waals surface area (Å²) < 4.78 is 46.0. The van der Waals surface area contributed by atoms with E-state index in [1.54, 1.807) is 0 Å². The molecule has 0 aromatic heterocycles. The van der Waals surface area contributed by atoms with Crippen LogP contribution < -0.4 is 9.05 Å². The normalized spacial score (nSPS) is 13.2. The second-order valence-electron chi connectivity index (χ2n) is 15.2. The minimum atomic E-state index is -2.47. The number of aryl methyl sites for hydroxylation is 2. The summed E-state index contributed by atoms with van der Waals surface area (Å²) in [7, 11) is -4.93. The molecule has 0 fully saturated rings. The summed E-state index contributed by atoms with van der Waals surface area (Å²) in [6, 6.07) is 16.0. The zero-order valence-electron chi connectivity index (χ0n) is 35.9. The number of benzene rings is 2. The maximum absolute atomic E-state index is 12.1. The zero-order valence-corrected chi connectivity index (χ0v) is 39.0. The molecule has 2 rings (SSSR count). The fourth-order valence-electron chi connectivity index (χ4n) is 6.44. The fourth-order valence-corrected chi connectivity index (χ4v) is 7.96. The van der Waals surface area contributed by atoms with E-state index in [1.165, 1.54) is 127 Å². The third kappa shape index (κ3) is 30.6. The van der Waals surface area contributed by atoms with Crippen LogP contribution in [-0.2, 0) is 47.8 Å². The van der Waals surface area contributed by atoms with E-state index in [0.717, 1.165) is 38.5 Å². The Bertz CT molecular complexity index is 1070. The van der Waals surface area contributed by atoms with Crippen molar-refractivity contribution in [1.29, 1.82) is 0 Å². The number of hydrogen-bond acceptors (Lipinski definition) is 6. The average molecular weight is 852 g/mol. The topological polar surface area (TPSA) is 71.1 Å². The van der Waals surface area contributed by atoms with Crippen molar-refractivity contribution < 1.29 is 44.0 Å². The van der Waals surface area contributed by atoms with Gasteiger partial charge in [-0.15, -0.1) is 0 Å². The summed E-state index contributed by atoms with van der Waals surface area (Å²) in [5.74, 6) is 2.24. The molecule has 55 heavy (non-hydrogen) atoms. The molecular weight excluding hydrogens is 769 g/mol. The van der Waals surface area contributed by atoms with E-state index in [-0.39, 0.29) is 16.8 Å². The van der Waals surface area contributed by atoms with Crippen LogP contribution in [0.5, 0.6) is 11.5 Å². The van der Waals surface area contributed by atoms with Gasteiger partial charge in [0, 0.05) is 16.8 Å². The van der Waals surface area contributed by atoms with Crippen LogP contribution in [0.15, 0.2) is 48.5 Å². The third-order valence-corrected chi connectivity index (χ3v) is 12.0. The summed E-state index contributed by atoms with van der Waals surface area (Å²) in [6.07, 6.45) is 30.0. The molecule has 9 heteroatoms. The van der Waals surface area contributed by atoms with Crippen molar-refractivity contribution in [2.75, 3.05) is 13.2 Å². The maximum Gasteiger partial charge on any atom is 0.367 e. The second kappa shape index (κ2) is 38.4. The van der Waals surface area contributed by atoms with Crippen molar-refractivity contribution in [1.82, 2.24) is 0 Å². The molecule has 0 aliphatic carbocycles. The number of unbranched alkanes of at least 4 members (excludes halogenated alkanes) is 14. The molecule has 0 bridgehead atoms. The Labute approximate surface area is 350 Å². The van der Waals surface area contributed by atoms with E-state index in [2.05, 4.69) is 65.8 Å². The van der Waals surface area contributed by atoms with Gasteiger partial charge in [0.25, 0.3) is 0 Å². The molecule has 6 nitrogen and oxygen atoms in total. The van der Waals surface area contributed by atoms with Gasteiger partial charge in [0.2, 0.25) is 0 Å². The van der Waals surface area contributed by atoms with Gasteiger partial charge >= 0.3 is 16.5 Å². The standard InChI is InChI=1S/2C23H41O3P.Co/c2*1-4-7-9-10-11-12-13-15-22-16-18-23(19-17-22)26-27(24)25-20-21(6-3)14-8-5-2;/h2*16-19,21,27H,4-15,20H2,1-3H3;. The second-order valence-corrected chi connectivity index (χ2v) is 17.2. The van der Waals surface area contributed by atoms with Crippen molar-refractivity contribution in [3.05, 3.63) is 59.7 Å². The monoisotopic (exact) mass is 851 g/mol. The van der Waals surface area contributed by atoms with Gasteiger partial charge in [-0.1, -0.05) is 181 Å². The Hall–Kier alpha value is -1.07. The molecule has 0 saturated carbocycles. The molecule has 0 aliphatic rings. The Morgan fingerprint density at radius 2 is 0.745 bits per heavy atom. The molecule has 0 N–H and O–H groups in total. The smallest absolute Gasteiger partial charge is 0.367 e. The fraction of sp³-hybridized carbons (Fsp3) is 0.739. The first-order chi connectivity index (χ1) is 26.4. The van der Waals surface area contributed by atoms with Gasteiger partial charge in [-0.05, 0) is 85.8 Å². The summed E-state index contributed by atoms with van der Waals surface area (Å²) >= 11 is 0. The molecule has 1 radical (unpaired) electrons. The van der Waals surface area contributed by atoms with Crippen LogP contribution in [0.2, 0.25) is 0 Å². The van der Waals surface area contributed by atoms with E-state index in [1.807, 2.05) is 24.3 Å². The zero-order chi connectivity index (χ0) is 39.5. The van der Waals surface area contributed by atoms with Gasteiger partial charge in [-0.25, -0.2) is 9.13 Å². The van der Waals surface area contributed by atoms with Crippen LogP contribution in [0.25, 0.3) is 0 Å². The van der Waals surface area contributed by atoms with Crippen molar-refractivity contribution in [2.45, 2.75) is 196 Å². The molecule has 0 heterocycles. The van der Waals surface area contributed by atoms with Crippen LogP contribution in [-0.4, -0.2) is 13.2 Å². The van der Waals surface area contributed by atoms with E-state index in [4.69, 9.17) is 18.1 Å². The number of rotatable bonds is 34. The summed E-state index contributed by atoms with van der Waals surface area (Å²) in [5.41, 5.74) is 2.64. The van der Waals surface area contributed by atoms with E-state index in [9.17, 15) is 9.13 Å². The first-order valence-corrected chi connectivity index (χ1v) is 24.7. The van der Waals surface area contributed by atoms with E-state index < -0.39 is 16.5 Å². The average Bonchev–Trinajstić information content (AvgIpc) is 3.19. The van der Waals surface area contributed by atoms with E-state index in [0.29, 0.717) is 36.5 Å². The maximum atomic E-state index is 12.1. The van der Waals surface area contributed by atoms with Crippen LogP contribution >= 0.6 is 16.5 Å². The van der Waals surface area contributed by atoms with Crippen LogP contribution in [0.4, 0.5) is 0 Å². The molecule has 0 spiro atoms. The molecule has 4 unspecified atom stereocenters. The Morgan fingerprint density at radius 3 is 1.05 bits per heavy atom. The predicted octanol–water partition coefficient (Wildman–Crippen LogP) is 16.0. The molecule has 2 aromatic carbocycles. The largest absolute Gasteiger partial charge is 0.426 e. The van der Waals surface area contributed by atoms with Crippen LogP contribution in [0, 0.1) is 11.8 Å². The minimum absolute atomic E-state index is 0. The first-order valence-electron chi connectivity index (χ1n) is 22.3. The summed E-state index contributed by atoms with van der Waals surface area (Å²) in [5, 5.41) is 0. The molecule has 2 aromatic rings. The first kappa shape index (κ1) is 53.9. The Balaban J connectivity index is 0.00000104. The van der Waals surface area contributed by atoms with Gasteiger partial charge in [0.05, 0.1) is 13.2 Å². The Kier molecular flexibility index (Phi) is 37.7. The van der Waals surface area contributed by atoms with Gasteiger partial charge in [0.1, 0.15) is 11.5 Å². The van der Waals surface area contributed by atoms with Crippen molar-refractivity contribution in [3.8, 4) is 11.5 Å². The minimum Gasteiger partial charge on any atom is -0.426 e. The molecule has 4 atom stereocenters. The van der Waals surface area contributed by atoms with Crippen molar-refractivity contribution in [3.63, 3.8) is 0 Å². The quantitative estimate of drug-likeness (QED) is 0.0516. The van der Waals surface area contributed by atoms with Crippen LogP contribution in [0.3, 0.4) is 0 Å². The van der Waals surface area contributed by atoms with Gasteiger partial charge in [-0.3, -0.25) is 0 Å².